The third-order valence-corrected chi connectivity index (χ3v) is 1.95. The minimum Gasteiger partial charge on any atom is -0.459 e. The molecule has 16 heavy (non-hydrogen) atoms. The maximum Gasteiger partial charge on any atom is 0.422 e. The van der Waals surface area contributed by atoms with Crippen LogP contribution in [0.2, 0.25) is 0 Å². The molecule has 86 valence electrons. The average molecular weight is 232 g/mol. The van der Waals surface area contributed by atoms with Crippen LogP contribution in [0.25, 0.3) is 11.5 Å². The highest BCUT2D eigenvalue weighted by Crippen LogP contribution is 2.42. The van der Waals surface area contributed by atoms with Crippen molar-refractivity contribution in [3.63, 3.8) is 0 Å². The van der Waals surface area contributed by atoms with Crippen LogP contribution < -0.4 is 11.5 Å². The fourth-order valence-corrected chi connectivity index (χ4v) is 1.32. The van der Waals surface area contributed by atoms with Gasteiger partial charge < -0.3 is 20.3 Å². The molecule has 0 saturated heterocycles. The summed E-state index contributed by atoms with van der Waals surface area (Å²) in [5, 5.41) is 0. The molecule has 4 nitrogen and oxygen atoms in total. The quantitative estimate of drug-likeness (QED) is 0.792. The van der Waals surface area contributed by atoms with Gasteiger partial charge in [0.1, 0.15) is 18.1 Å². The molecule has 0 radical (unpaired) electrons. The van der Waals surface area contributed by atoms with Crippen LogP contribution in [-0.4, -0.2) is 0 Å². The molecule has 0 aliphatic carbocycles. The molecule has 7 heteroatoms. The van der Waals surface area contributed by atoms with Crippen LogP contribution in [0.3, 0.4) is 0 Å². The van der Waals surface area contributed by atoms with Crippen molar-refractivity contribution in [2.75, 3.05) is 11.5 Å². The maximum absolute atomic E-state index is 12.6. The molecule has 0 spiro atoms. The van der Waals surface area contributed by atoms with Crippen LogP contribution in [0.1, 0.15) is 5.56 Å². The van der Waals surface area contributed by atoms with Crippen molar-refractivity contribution in [1.82, 2.24) is 0 Å². The predicted octanol–water partition coefficient (Wildman–Crippen LogP) is 2.72. The van der Waals surface area contributed by atoms with Gasteiger partial charge in [0.15, 0.2) is 11.5 Å². The smallest absolute Gasteiger partial charge is 0.422 e. The molecule has 0 saturated carbocycles. The lowest BCUT2D eigenvalue weighted by molar-refractivity contribution is -0.136. The molecule has 0 amide bonds. The number of nitrogen functional groups attached to an aromatic ring is 2. The van der Waals surface area contributed by atoms with Crippen molar-refractivity contribution in [1.29, 1.82) is 0 Å². The van der Waals surface area contributed by atoms with Crippen LogP contribution >= 0.6 is 0 Å². The van der Waals surface area contributed by atoms with Crippen molar-refractivity contribution < 1.29 is 22.0 Å². The second kappa shape index (κ2) is 3.22. The van der Waals surface area contributed by atoms with E-state index in [1.165, 1.54) is 6.07 Å². The Balaban J connectivity index is 2.58. The summed E-state index contributed by atoms with van der Waals surface area (Å²) in [6, 6.07) is 1.23. The Labute approximate surface area is 87.6 Å². The van der Waals surface area contributed by atoms with Crippen molar-refractivity contribution in [3.8, 4) is 11.5 Å². The van der Waals surface area contributed by atoms with Gasteiger partial charge in [-0.15, -0.1) is 0 Å². The van der Waals surface area contributed by atoms with Crippen LogP contribution in [0, 0.1) is 0 Å². The molecule has 2 rings (SSSR count). The van der Waals surface area contributed by atoms with E-state index in [-0.39, 0.29) is 11.4 Å². The van der Waals surface area contributed by atoms with Gasteiger partial charge in [0, 0.05) is 6.07 Å². The highest BCUT2D eigenvalue weighted by Gasteiger charge is 2.39. The summed E-state index contributed by atoms with van der Waals surface area (Å²) in [6.07, 6.45) is -2.67. The molecule has 0 aromatic carbocycles. The van der Waals surface area contributed by atoms with Crippen LogP contribution in [0.15, 0.2) is 27.4 Å². The van der Waals surface area contributed by atoms with E-state index in [0.29, 0.717) is 0 Å². The van der Waals surface area contributed by atoms with E-state index in [1.54, 1.807) is 0 Å². The molecule has 0 aliphatic heterocycles. The summed E-state index contributed by atoms with van der Waals surface area (Å²) in [4.78, 5) is 0. The Morgan fingerprint density at radius 2 is 1.75 bits per heavy atom. The Hall–Kier alpha value is -2.05. The number of rotatable bonds is 1. The number of nitrogens with two attached hydrogens (primary N) is 2. The molecular formula is C9H7F3N2O2. The average Bonchev–Trinajstić information content (AvgIpc) is 2.70. The second-order valence-corrected chi connectivity index (χ2v) is 3.14. The zero-order valence-electron chi connectivity index (χ0n) is 7.84. The molecule has 0 atom stereocenters. The number of furan rings is 2. The lowest BCUT2D eigenvalue weighted by Crippen LogP contribution is -2.07. The second-order valence-electron chi connectivity index (χ2n) is 3.14. The summed E-state index contributed by atoms with van der Waals surface area (Å²) in [5.41, 5.74) is 9.18. The van der Waals surface area contributed by atoms with Gasteiger partial charge in [-0.25, -0.2) is 0 Å². The van der Waals surface area contributed by atoms with Gasteiger partial charge in [0.05, 0.1) is 11.4 Å². The van der Waals surface area contributed by atoms with Gasteiger partial charge in [-0.2, -0.15) is 13.2 Å². The highest BCUT2D eigenvalue weighted by molar-refractivity contribution is 5.67. The van der Waals surface area contributed by atoms with Crippen molar-refractivity contribution >= 4 is 11.4 Å². The van der Waals surface area contributed by atoms with Crippen LogP contribution in [0.5, 0.6) is 0 Å². The van der Waals surface area contributed by atoms with Gasteiger partial charge in [-0.05, 0) is 0 Å². The summed E-state index contributed by atoms with van der Waals surface area (Å²) in [5.74, 6) is -0.580. The van der Waals surface area contributed by atoms with Crippen LogP contribution in [0.4, 0.5) is 24.5 Å². The van der Waals surface area contributed by atoms with E-state index >= 15 is 0 Å². The molecule has 4 N–H and O–H groups in total. The SMILES string of the molecule is Nc1coc(-c2occ(N)c2C(F)(F)F)c1. The molecule has 2 aromatic heterocycles. The van der Waals surface area contributed by atoms with E-state index in [0.717, 1.165) is 12.5 Å². The van der Waals surface area contributed by atoms with Crippen molar-refractivity contribution in [3.05, 3.63) is 24.2 Å². The first-order valence-corrected chi connectivity index (χ1v) is 4.18. The fourth-order valence-electron chi connectivity index (χ4n) is 1.32. The number of halogens is 3. The van der Waals surface area contributed by atoms with Crippen molar-refractivity contribution in [2.24, 2.45) is 0 Å². The van der Waals surface area contributed by atoms with E-state index in [4.69, 9.17) is 20.3 Å². The minimum absolute atomic E-state index is 0.110. The lowest BCUT2D eigenvalue weighted by atomic mass is 10.2. The Kier molecular flexibility index (Phi) is 2.11. The lowest BCUT2D eigenvalue weighted by Gasteiger charge is -2.05. The summed E-state index contributed by atoms with van der Waals surface area (Å²) in [7, 11) is 0. The summed E-state index contributed by atoms with van der Waals surface area (Å²) in [6.45, 7) is 0. The number of anilines is 2. The van der Waals surface area contributed by atoms with Gasteiger partial charge in [0.25, 0.3) is 0 Å². The Bertz CT molecular complexity index is 513. The predicted molar refractivity (Wildman–Crippen MR) is 50.2 cm³/mol. The Morgan fingerprint density at radius 1 is 1.06 bits per heavy atom. The normalized spacial score (nSPS) is 11.9. The number of alkyl halides is 3. The zero-order valence-corrected chi connectivity index (χ0v) is 7.84. The minimum atomic E-state index is -4.60. The largest absolute Gasteiger partial charge is 0.459 e. The van der Waals surface area contributed by atoms with E-state index < -0.39 is 23.2 Å². The summed E-state index contributed by atoms with van der Waals surface area (Å²) < 4.78 is 47.4. The zero-order chi connectivity index (χ0) is 11.9. The molecule has 0 unspecified atom stereocenters. The van der Waals surface area contributed by atoms with Gasteiger partial charge >= 0.3 is 6.18 Å². The van der Waals surface area contributed by atoms with Gasteiger partial charge in [0.2, 0.25) is 0 Å². The first kappa shape index (κ1) is 10.5. The topological polar surface area (TPSA) is 78.3 Å². The molecule has 0 bridgehead atoms. The molecule has 2 heterocycles. The molecule has 0 fully saturated rings. The molecule has 2 aromatic rings. The number of hydrogen-bond acceptors (Lipinski definition) is 4. The van der Waals surface area contributed by atoms with Crippen LogP contribution in [-0.2, 0) is 6.18 Å². The third-order valence-electron chi connectivity index (χ3n) is 1.95. The van der Waals surface area contributed by atoms with E-state index in [2.05, 4.69) is 0 Å². The first-order chi connectivity index (χ1) is 7.39. The maximum atomic E-state index is 12.6. The summed E-state index contributed by atoms with van der Waals surface area (Å²) >= 11 is 0. The van der Waals surface area contributed by atoms with Gasteiger partial charge in [-0.1, -0.05) is 0 Å². The van der Waals surface area contributed by atoms with Crippen molar-refractivity contribution in [2.45, 2.75) is 6.18 Å². The van der Waals surface area contributed by atoms with Gasteiger partial charge in [-0.3, -0.25) is 0 Å². The first-order valence-electron chi connectivity index (χ1n) is 4.18. The number of hydrogen-bond donors (Lipinski definition) is 2. The monoisotopic (exact) mass is 232 g/mol. The standard InChI is InChI=1S/C9H7F3N2O2/c10-9(11,12)7-5(14)3-16-8(7)6-1-4(13)2-15-6/h1-3H,13-14H2. The molecule has 0 aliphatic rings. The third kappa shape index (κ3) is 1.60. The molecular weight excluding hydrogens is 225 g/mol. The highest BCUT2D eigenvalue weighted by atomic mass is 19.4. The van der Waals surface area contributed by atoms with E-state index in [9.17, 15) is 13.2 Å². The Morgan fingerprint density at radius 3 is 2.25 bits per heavy atom. The van der Waals surface area contributed by atoms with E-state index in [1.807, 2.05) is 0 Å². The fraction of sp³-hybridized carbons (Fsp3) is 0.111.